The smallest absolute Gasteiger partial charge is 0.229 e. The molecule has 2 heterocycles. The van der Waals surface area contributed by atoms with Gasteiger partial charge in [-0.1, -0.05) is 30.3 Å². The molecule has 0 bridgehead atoms. The zero-order chi connectivity index (χ0) is 19.5. The van der Waals surface area contributed by atoms with Gasteiger partial charge in [-0.2, -0.15) is 0 Å². The Bertz CT molecular complexity index is 1030. The second-order valence-electron chi connectivity index (χ2n) is 6.71. The van der Waals surface area contributed by atoms with E-state index in [4.69, 9.17) is 4.74 Å². The minimum absolute atomic E-state index is 0.0797. The third-order valence-corrected chi connectivity index (χ3v) is 4.81. The van der Waals surface area contributed by atoms with E-state index in [1.165, 1.54) is 0 Å². The van der Waals surface area contributed by atoms with Crippen LogP contribution >= 0.6 is 0 Å². The molecule has 2 amide bonds. The quantitative estimate of drug-likeness (QED) is 0.739. The van der Waals surface area contributed by atoms with Crippen LogP contribution in [-0.2, 0) is 9.59 Å². The van der Waals surface area contributed by atoms with E-state index in [0.29, 0.717) is 30.3 Å². The second-order valence-corrected chi connectivity index (χ2v) is 6.71. The van der Waals surface area contributed by atoms with Crippen molar-refractivity contribution in [3.63, 3.8) is 0 Å². The predicted octanol–water partition coefficient (Wildman–Crippen LogP) is 3.63. The van der Waals surface area contributed by atoms with Crippen LogP contribution in [0.2, 0.25) is 0 Å². The number of rotatable bonds is 5. The highest BCUT2D eigenvalue weighted by molar-refractivity contribution is 6.04. The third-order valence-electron chi connectivity index (χ3n) is 4.81. The molecule has 6 heteroatoms. The van der Waals surface area contributed by atoms with Crippen molar-refractivity contribution in [1.82, 2.24) is 4.98 Å². The van der Waals surface area contributed by atoms with Crippen molar-refractivity contribution in [2.75, 3.05) is 23.4 Å². The number of nitrogens with zero attached hydrogens (tertiary/aromatic N) is 2. The molecule has 28 heavy (non-hydrogen) atoms. The highest BCUT2D eigenvalue weighted by atomic mass is 16.5. The largest absolute Gasteiger partial charge is 0.492 e. The zero-order valence-electron chi connectivity index (χ0n) is 15.6. The van der Waals surface area contributed by atoms with Crippen LogP contribution in [0.3, 0.4) is 0 Å². The van der Waals surface area contributed by atoms with E-state index in [-0.39, 0.29) is 18.2 Å². The average molecular weight is 375 g/mol. The topological polar surface area (TPSA) is 71.5 Å². The van der Waals surface area contributed by atoms with Crippen molar-refractivity contribution >= 4 is 34.1 Å². The number of anilines is 2. The van der Waals surface area contributed by atoms with Gasteiger partial charge in [0, 0.05) is 18.4 Å². The predicted molar refractivity (Wildman–Crippen MR) is 108 cm³/mol. The summed E-state index contributed by atoms with van der Waals surface area (Å²) in [6.07, 6.45) is 1.81. The van der Waals surface area contributed by atoms with E-state index in [2.05, 4.69) is 10.3 Å². The maximum Gasteiger partial charge on any atom is 0.229 e. The van der Waals surface area contributed by atoms with Crippen LogP contribution in [0, 0.1) is 5.92 Å². The number of benzene rings is 2. The molecule has 6 nitrogen and oxygen atoms in total. The first-order chi connectivity index (χ1) is 13.7. The Hall–Kier alpha value is -3.41. The van der Waals surface area contributed by atoms with Gasteiger partial charge in [0.15, 0.2) is 0 Å². The summed E-state index contributed by atoms with van der Waals surface area (Å²) in [4.78, 5) is 31.3. The second kappa shape index (κ2) is 7.68. The van der Waals surface area contributed by atoms with Gasteiger partial charge in [-0.25, -0.2) is 0 Å². The average Bonchev–Trinajstić information content (AvgIpc) is 3.10. The van der Waals surface area contributed by atoms with Gasteiger partial charge < -0.3 is 15.0 Å². The van der Waals surface area contributed by atoms with Gasteiger partial charge in [0.1, 0.15) is 5.75 Å². The Morgan fingerprint density at radius 1 is 1.21 bits per heavy atom. The lowest BCUT2D eigenvalue weighted by Crippen LogP contribution is -2.28. The van der Waals surface area contributed by atoms with Crippen LogP contribution < -0.4 is 15.0 Å². The van der Waals surface area contributed by atoms with E-state index in [1.807, 2.05) is 61.5 Å². The van der Waals surface area contributed by atoms with Gasteiger partial charge in [0.25, 0.3) is 0 Å². The van der Waals surface area contributed by atoms with Crippen molar-refractivity contribution in [2.45, 2.75) is 13.3 Å². The fourth-order valence-electron chi connectivity index (χ4n) is 3.46. The molecule has 1 saturated heterocycles. The number of carbonyl (C=O) groups excluding carboxylic acids is 2. The fraction of sp³-hybridized carbons (Fsp3) is 0.227. The lowest BCUT2D eigenvalue weighted by Gasteiger charge is -2.20. The van der Waals surface area contributed by atoms with Crippen molar-refractivity contribution < 1.29 is 14.3 Å². The molecule has 2 aromatic carbocycles. The highest BCUT2D eigenvalue weighted by Gasteiger charge is 2.36. The van der Waals surface area contributed by atoms with Crippen LogP contribution in [0.4, 0.5) is 11.4 Å². The van der Waals surface area contributed by atoms with Crippen molar-refractivity contribution in [3.8, 4) is 5.75 Å². The molecule has 142 valence electrons. The monoisotopic (exact) mass is 375 g/mol. The molecule has 1 aromatic heterocycles. The highest BCUT2D eigenvalue weighted by Crippen LogP contribution is 2.33. The van der Waals surface area contributed by atoms with Crippen molar-refractivity contribution in [1.29, 1.82) is 0 Å². The lowest BCUT2D eigenvalue weighted by molar-refractivity contribution is -0.122. The van der Waals surface area contributed by atoms with Crippen LogP contribution in [0.1, 0.15) is 13.3 Å². The molecule has 0 radical (unpaired) electrons. The fourth-order valence-corrected chi connectivity index (χ4v) is 3.46. The molecule has 4 rings (SSSR count). The summed E-state index contributed by atoms with van der Waals surface area (Å²) >= 11 is 0. The van der Waals surface area contributed by atoms with Crippen LogP contribution in [0.15, 0.2) is 60.8 Å². The standard InChI is InChI=1S/C22H21N3O3/c1-2-28-20-10-6-5-9-19(20)25-14-16(12-21(25)26)22(27)24-17-11-15-7-3-4-8-18(15)23-13-17/h3-11,13,16H,2,12,14H2,1H3,(H,24,27). The first-order valence-corrected chi connectivity index (χ1v) is 9.33. The summed E-state index contributed by atoms with van der Waals surface area (Å²) in [6.45, 7) is 2.74. The molecule has 0 aliphatic carbocycles. The molecule has 0 saturated carbocycles. The Morgan fingerprint density at radius 3 is 2.86 bits per heavy atom. The zero-order valence-corrected chi connectivity index (χ0v) is 15.6. The van der Waals surface area contributed by atoms with E-state index in [9.17, 15) is 9.59 Å². The van der Waals surface area contributed by atoms with E-state index in [1.54, 1.807) is 11.1 Å². The normalized spacial score (nSPS) is 16.4. The molecular formula is C22H21N3O3. The number of ether oxygens (including phenoxy) is 1. The lowest BCUT2D eigenvalue weighted by atomic mass is 10.1. The van der Waals surface area contributed by atoms with Crippen LogP contribution in [0.5, 0.6) is 5.75 Å². The maximum absolute atomic E-state index is 12.7. The number of hydrogen-bond acceptors (Lipinski definition) is 4. The molecule has 1 aliphatic rings. The van der Waals surface area contributed by atoms with Crippen molar-refractivity contribution in [3.05, 3.63) is 60.8 Å². The Morgan fingerprint density at radius 2 is 2.00 bits per heavy atom. The number of fused-ring (bicyclic) bond motifs is 1. The summed E-state index contributed by atoms with van der Waals surface area (Å²) in [5, 5.41) is 3.85. The number of amides is 2. The molecule has 1 fully saturated rings. The Balaban J connectivity index is 1.49. The Labute approximate surface area is 163 Å². The molecule has 1 unspecified atom stereocenters. The number of nitrogens with one attached hydrogen (secondary N) is 1. The van der Waals surface area contributed by atoms with Gasteiger partial charge in [-0.15, -0.1) is 0 Å². The molecule has 0 spiro atoms. The van der Waals surface area contributed by atoms with Gasteiger partial charge in [0.2, 0.25) is 11.8 Å². The first-order valence-electron chi connectivity index (χ1n) is 9.33. The number of para-hydroxylation sites is 3. The third kappa shape index (κ3) is 3.53. The summed E-state index contributed by atoms with van der Waals surface area (Å²) in [5.41, 5.74) is 2.21. The summed E-state index contributed by atoms with van der Waals surface area (Å²) < 4.78 is 5.63. The number of pyridine rings is 1. The van der Waals surface area contributed by atoms with E-state index in [0.717, 1.165) is 10.9 Å². The van der Waals surface area contributed by atoms with Gasteiger partial charge in [-0.05, 0) is 31.2 Å². The van der Waals surface area contributed by atoms with Crippen LogP contribution in [-0.4, -0.2) is 29.9 Å². The molecule has 3 aromatic rings. The number of aromatic nitrogens is 1. The minimum atomic E-state index is -0.423. The SMILES string of the molecule is CCOc1ccccc1N1CC(C(=O)Nc2cnc3ccccc3c2)CC1=O. The molecule has 1 aliphatic heterocycles. The minimum Gasteiger partial charge on any atom is -0.492 e. The van der Waals surface area contributed by atoms with E-state index >= 15 is 0 Å². The van der Waals surface area contributed by atoms with Gasteiger partial charge in [-0.3, -0.25) is 14.6 Å². The summed E-state index contributed by atoms with van der Waals surface area (Å²) in [7, 11) is 0. The molecule has 1 atom stereocenters. The summed E-state index contributed by atoms with van der Waals surface area (Å²) in [6, 6.07) is 17.0. The van der Waals surface area contributed by atoms with Gasteiger partial charge in [0.05, 0.1) is 35.6 Å². The summed E-state index contributed by atoms with van der Waals surface area (Å²) in [5.74, 6) is -0.0300. The van der Waals surface area contributed by atoms with E-state index < -0.39 is 5.92 Å². The van der Waals surface area contributed by atoms with Crippen molar-refractivity contribution in [2.24, 2.45) is 5.92 Å². The maximum atomic E-state index is 12.7. The molecular weight excluding hydrogens is 354 g/mol. The van der Waals surface area contributed by atoms with Crippen LogP contribution in [0.25, 0.3) is 10.9 Å². The number of carbonyl (C=O) groups is 2. The Kier molecular flexibility index (Phi) is 4.93. The number of hydrogen-bond donors (Lipinski definition) is 1. The first kappa shape index (κ1) is 18.0. The van der Waals surface area contributed by atoms with Gasteiger partial charge >= 0.3 is 0 Å². The molecule has 1 N–H and O–H groups in total.